The third kappa shape index (κ3) is 7.21. The molecule has 13 heteroatoms. The molecule has 1 aliphatic rings. The third-order valence-electron chi connectivity index (χ3n) is 7.46. The summed E-state index contributed by atoms with van der Waals surface area (Å²) in [5.41, 5.74) is 0.483. The van der Waals surface area contributed by atoms with E-state index >= 15 is 0 Å². The summed E-state index contributed by atoms with van der Waals surface area (Å²) >= 11 is 3.25. The molecule has 0 radical (unpaired) electrons. The number of likely N-dealkylation sites (tertiary alicyclic amines) is 1. The van der Waals surface area contributed by atoms with Crippen LogP contribution in [0.2, 0.25) is 0 Å². The van der Waals surface area contributed by atoms with E-state index in [0.29, 0.717) is 52.0 Å². The summed E-state index contributed by atoms with van der Waals surface area (Å²) in [5.74, 6) is -0.787. The molecule has 0 aliphatic carbocycles. The van der Waals surface area contributed by atoms with Crippen LogP contribution in [0.4, 0.5) is 21.6 Å². The number of fused-ring (bicyclic) bond motifs is 1. The minimum atomic E-state index is -0.829. The molecule has 0 bridgehead atoms. The molecule has 3 amide bonds. The number of carbonyl (C=O) groups is 3. The van der Waals surface area contributed by atoms with Crippen molar-refractivity contribution >= 4 is 61.7 Å². The van der Waals surface area contributed by atoms with Gasteiger partial charge in [-0.2, -0.15) is 0 Å². The highest BCUT2D eigenvalue weighted by molar-refractivity contribution is 9.10. The summed E-state index contributed by atoms with van der Waals surface area (Å²) in [5, 5.41) is 12.2. The lowest BCUT2D eigenvalue weighted by atomic mass is 9.85. The van der Waals surface area contributed by atoms with Gasteiger partial charge in [0.25, 0.3) is 0 Å². The van der Waals surface area contributed by atoms with E-state index in [9.17, 15) is 18.8 Å². The van der Waals surface area contributed by atoms with Crippen LogP contribution in [-0.2, 0) is 14.4 Å². The average Bonchev–Trinajstić information content (AvgIpc) is 3.46. The molecular weight excluding hydrogens is 621 g/mol. The molecule has 0 saturated carbocycles. The fourth-order valence-corrected chi connectivity index (χ4v) is 5.23. The summed E-state index contributed by atoms with van der Waals surface area (Å²) in [6.45, 7) is 7.72. The SMILES string of the molecule is CNC(C)C(=O)NC(C(=O)N1CCCC1C(=O)Nc1cc2c(Nc3ccc(Br)cc3F)ncnc2cc1OC)C(C)(C)C. The van der Waals surface area contributed by atoms with Crippen molar-refractivity contribution in [3.63, 3.8) is 0 Å². The molecular formula is C30H37BrFN7O4. The van der Waals surface area contributed by atoms with E-state index < -0.39 is 35.3 Å². The number of halogens is 2. The van der Waals surface area contributed by atoms with Crippen molar-refractivity contribution in [1.29, 1.82) is 0 Å². The molecule has 3 aromatic rings. The van der Waals surface area contributed by atoms with Gasteiger partial charge in [0.15, 0.2) is 0 Å². The van der Waals surface area contributed by atoms with Crippen LogP contribution in [0.1, 0.15) is 40.5 Å². The first-order valence-electron chi connectivity index (χ1n) is 14.0. The van der Waals surface area contributed by atoms with Crippen molar-refractivity contribution in [2.45, 2.75) is 58.7 Å². The van der Waals surface area contributed by atoms with Gasteiger partial charge in [-0.05, 0) is 56.5 Å². The lowest BCUT2D eigenvalue weighted by Crippen LogP contribution is -2.59. The van der Waals surface area contributed by atoms with Crippen molar-refractivity contribution in [2.24, 2.45) is 5.41 Å². The van der Waals surface area contributed by atoms with Crippen LogP contribution in [0.5, 0.6) is 5.75 Å². The number of rotatable bonds is 9. The number of aromatic nitrogens is 2. The minimum Gasteiger partial charge on any atom is -0.494 e. The van der Waals surface area contributed by atoms with Crippen LogP contribution in [0, 0.1) is 11.2 Å². The number of nitrogens with zero attached hydrogens (tertiary/aromatic N) is 3. The van der Waals surface area contributed by atoms with Crippen LogP contribution in [-0.4, -0.2) is 71.4 Å². The number of carbonyl (C=O) groups excluding carboxylic acids is 3. The zero-order valence-corrected chi connectivity index (χ0v) is 26.6. The van der Waals surface area contributed by atoms with E-state index in [-0.39, 0.29) is 17.5 Å². The van der Waals surface area contributed by atoms with Gasteiger partial charge in [-0.1, -0.05) is 36.7 Å². The fraction of sp³-hybridized carbons (Fsp3) is 0.433. The predicted octanol–water partition coefficient (Wildman–Crippen LogP) is 4.35. The number of benzene rings is 2. The Labute approximate surface area is 258 Å². The minimum absolute atomic E-state index is 0.217. The Bertz CT molecular complexity index is 1530. The summed E-state index contributed by atoms with van der Waals surface area (Å²) in [7, 11) is 3.15. The molecule has 1 aliphatic heterocycles. The molecule has 1 fully saturated rings. The van der Waals surface area contributed by atoms with E-state index in [1.807, 2.05) is 20.8 Å². The number of anilines is 3. The average molecular weight is 659 g/mol. The van der Waals surface area contributed by atoms with Crippen molar-refractivity contribution in [3.8, 4) is 5.75 Å². The van der Waals surface area contributed by atoms with Gasteiger partial charge in [-0.25, -0.2) is 14.4 Å². The maximum absolute atomic E-state index is 14.6. The van der Waals surface area contributed by atoms with Crippen molar-refractivity contribution in [2.75, 3.05) is 31.3 Å². The van der Waals surface area contributed by atoms with Gasteiger partial charge in [0.1, 0.15) is 35.8 Å². The largest absolute Gasteiger partial charge is 0.494 e. The number of amides is 3. The molecule has 1 aromatic heterocycles. The Morgan fingerprint density at radius 1 is 1.14 bits per heavy atom. The van der Waals surface area contributed by atoms with Gasteiger partial charge in [0.2, 0.25) is 17.7 Å². The zero-order valence-electron chi connectivity index (χ0n) is 25.0. The molecule has 1 saturated heterocycles. The highest BCUT2D eigenvalue weighted by atomic mass is 79.9. The van der Waals surface area contributed by atoms with Crippen LogP contribution in [0.3, 0.4) is 0 Å². The lowest BCUT2D eigenvalue weighted by molar-refractivity contribution is -0.143. The molecule has 3 unspecified atom stereocenters. The van der Waals surface area contributed by atoms with E-state index in [2.05, 4.69) is 47.2 Å². The Morgan fingerprint density at radius 2 is 1.88 bits per heavy atom. The quantitative estimate of drug-likeness (QED) is 0.267. The first-order chi connectivity index (χ1) is 20.3. The molecule has 43 heavy (non-hydrogen) atoms. The zero-order chi connectivity index (χ0) is 31.5. The first kappa shape index (κ1) is 32.1. The van der Waals surface area contributed by atoms with E-state index in [1.165, 1.54) is 24.4 Å². The van der Waals surface area contributed by atoms with Crippen molar-refractivity contribution in [1.82, 2.24) is 25.5 Å². The summed E-state index contributed by atoms with van der Waals surface area (Å²) in [6, 6.07) is 5.87. The fourth-order valence-electron chi connectivity index (χ4n) is 4.90. The number of hydrogen-bond donors (Lipinski definition) is 4. The summed E-state index contributed by atoms with van der Waals surface area (Å²) < 4.78 is 20.7. The predicted molar refractivity (Wildman–Crippen MR) is 167 cm³/mol. The van der Waals surface area contributed by atoms with E-state index in [1.54, 1.807) is 38.2 Å². The molecule has 2 heterocycles. The molecule has 2 aromatic carbocycles. The van der Waals surface area contributed by atoms with Crippen LogP contribution in [0.25, 0.3) is 10.9 Å². The van der Waals surface area contributed by atoms with Gasteiger partial charge in [-0.3, -0.25) is 14.4 Å². The second-order valence-corrected chi connectivity index (χ2v) is 12.5. The molecule has 3 atom stereocenters. The molecule has 4 N–H and O–H groups in total. The second-order valence-electron chi connectivity index (χ2n) is 11.5. The molecule has 230 valence electrons. The summed E-state index contributed by atoms with van der Waals surface area (Å²) in [4.78, 5) is 50.3. The Hall–Kier alpha value is -3.84. The van der Waals surface area contributed by atoms with Crippen molar-refractivity contribution < 1.29 is 23.5 Å². The van der Waals surface area contributed by atoms with Crippen molar-refractivity contribution in [3.05, 3.63) is 46.9 Å². The lowest BCUT2D eigenvalue weighted by Gasteiger charge is -2.36. The van der Waals surface area contributed by atoms with Crippen LogP contribution in [0.15, 0.2) is 41.1 Å². The highest BCUT2D eigenvalue weighted by Gasteiger charge is 2.42. The van der Waals surface area contributed by atoms with Crippen LogP contribution < -0.4 is 26.0 Å². The van der Waals surface area contributed by atoms with Gasteiger partial charge in [-0.15, -0.1) is 0 Å². The normalized spacial score (nSPS) is 16.5. The maximum Gasteiger partial charge on any atom is 0.247 e. The Morgan fingerprint density at radius 3 is 2.53 bits per heavy atom. The van der Waals surface area contributed by atoms with Gasteiger partial charge >= 0.3 is 0 Å². The topological polar surface area (TPSA) is 138 Å². The maximum atomic E-state index is 14.6. The number of likely N-dealkylation sites (N-methyl/N-ethyl adjacent to an activating group) is 1. The molecule has 4 rings (SSSR count). The number of hydrogen-bond acceptors (Lipinski definition) is 8. The monoisotopic (exact) mass is 657 g/mol. The van der Waals surface area contributed by atoms with E-state index in [4.69, 9.17) is 4.74 Å². The second kappa shape index (κ2) is 13.2. The third-order valence-corrected chi connectivity index (χ3v) is 7.96. The highest BCUT2D eigenvalue weighted by Crippen LogP contribution is 2.35. The van der Waals surface area contributed by atoms with E-state index in [0.717, 1.165) is 0 Å². The first-order valence-corrected chi connectivity index (χ1v) is 14.8. The molecule has 11 nitrogen and oxygen atoms in total. The number of methoxy groups -OCH3 is 1. The van der Waals surface area contributed by atoms with Gasteiger partial charge in [0, 0.05) is 22.5 Å². The van der Waals surface area contributed by atoms with Gasteiger partial charge in [0.05, 0.1) is 30.0 Å². The van der Waals surface area contributed by atoms with Crippen LogP contribution >= 0.6 is 15.9 Å². The Kier molecular flexibility index (Phi) is 9.86. The van der Waals surface area contributed by atoms with Gasteiger partial charge < -0.3 is 30.9 Å². The smallest absolute Gasteiger partial charge is 0.247 e. The standard InChI is InChI=1S/C30H37BrFN7O4/c1-16(33-5)27(40)38-25(30(2,3)4)29(42)39-11-7-8-23(39)28(41)37-22-13-18-21(14-24(22)43-6)34-15-35-26(18)36-20-10-9-17(31)12-19(20)32/h9-10,12-16,23,25,33H,7-8,11H2,1-6H3,(H,37,41)(H,38,40)(H,34,35,36). The number of nitrogens with one attached hydrogen (secondary N) is 4. The number of ether oxygens (including phenoxy) is 1. The molecule has 0 spiro atoms. The Balaban J connectivity index is 1.61. The summed E-state index contributed by atoms with van der Waals surface area (Å²) in [6.07, 6.45) is 2.45.